The number of hydrogen-bond acceptors (Lipinski definition) is 3. The molecular formula is C17H17F3N2O2. The highest BCUT2D eigenvalue weighted by Crippen LogP contribution is 2.40. The molecule has 0 unspecified atom stereocenters. The Labute approximate surface area is 137 Å². The second kappa shape index (κ2) is 5.96. The van der Waals surface area contributed by atoms with E-state index < -0.39 is 17.6 Å². The van der Waals surface area contributed by atoms with Gasteiger partial charge in [-0.1, -0.05) is 0 Å². The summed E-state index contributed by atoms with van der Waals surface area (Å²) in [6.07, 6.45) is -2.39. The molecule has 0 bridgehead atoms. The van der Waals surface area contributed by atoms with Crippen molar-refractivity contribution < 1.29 is 22.4 Å². The number of carbonyl (C=O) groups is 1. The van der Waals surface area contributed by atoms with E-state index in [1.165, 1.54) is 17.0 Å². The molecule has 1 aliphatic rings. The van der Waals surface area contributed by atoms with E-state index in [4.69, 9.17) is 4.42 Å². The van der Waals surface area contributed by atoms with Crippen LogP contribution in [0.15, 0.2) is 28.7 Å². The van der Waals surface area contributed by atoms with Crippen molar-refractivity contribution in [3.8, 4) is 0 Å². The fraction of sp³-hybridized carbons (Fsp3) is 0.412. The normalized spacial score (nSPS) is 14.7. The van der Waals surface area contributed by atoms with Gasteiger partial charge in [-0.2, -0.15) is 13.2 Å². The number of nitrogens with zero attached hydrogens (tertiary/aromatic N) is 2. The van der Waals surface area contributed by atoms with Gasteiger partial charge in [-0.3, -0.25) is 4.79 Å². The molecule has 1 saturated carbocycles. The van der Waals surface area contributed by atoms with Crippen LogP contribution in [0.2, 0.25) is 0 Å². The van der Waals surface area contributed by atoms with Crippen molar-refractivity contribution in [2.75, 3.05) is 11.4 Å². The van der Waals surface area contributed by atoms with Gasteiger partial charge in [0.15, 0.2) is 5.89 Å². The van der Waals surface area contributed by atoms with Crippen LogP contribution in [0.3, 0.4) is 0 Å². The standard InChI is InChI=1S/C17H17F3N2O2/c1-3-22(13-8-6-12(7-9-13)17(18,19)20)16(23)14-10(2)21-15(24-14)11-4-5-11/h6-9,11H,3-5H2,1-2H3. The first kappa shape index (κ1) is 16.5. The molecule has 1 aromatic carbocycles. The van der Waals surface area contributed by atoms with Gasteiger partial charge in [0.2, 0.25) is 5.76 Å². The number of rotatable bonds is 4. The van der Waals surface area contributed by atoms with E-state index in [1.54, 1.807) is 13.8 Å². The molecule has 1 heterocycles. The van der Waals surface area contributed by atoms with Gasteiger partial charge in [0, 0.05) is 18.2 Å². The van der Waals surface area contributed by atoms with Crippen LogP contribution in [0, 0.1) is 6.92 Å². The SMILES string of the molecule is CCN(C(=O)c1oc(C2CC2)nc1C)c1ccc(C(F)(F)F)cc1. The summed E-state index contributed by atoms with van der Waals surface area (Å²) >= 11 is 0. The number of aryl methyl sites for hydroxylation is 1. The van der Waals surface area contributed by atoms with E-state index in [9.17, 15) is 18.0 Å². The minimum Gasteiger partial charge on any atom is -0.435 e. The van der Waals surface area contributed by atoms with Crippen molar-refractivity contribution >= 4 is 11.6 Å². The zero-order chi connectivity index (χ0) is 17.5. The number of oxazole rings is 1. The predicted molar refractivity (Wildman–Crippen MR) is 82.0 cm³/mol. The first-order chi connectivity index (χ1) is 11.3. The van der Waals surface area contributed by atoms with Gasteiger partial charge >= 0.3 is 6.18 Å². The molecule has 1 fully saturated rings. The number of carbonyl (C=O) groups excluding carboxylic acids is 1. The summed E-state index contributed by atoms with van der Waals surface area (Å²) in [6.45, 7) is 3.76. The monoisotopic (exact) mass is 338 g/mol. The number of benzene rings is 1. The Morgan fingerprint density at radius 3 is 2.42 bits per heavy atom. The largest absolute Gasteiger partial charge is 0.435 e. The predicted octanol–water partition coefficient (Wildman–Crippen LogP) is 4.55. The number of alkyl halides is 3. The molecule has 0 saturated heterocycles. The van der Waals surface area contributed by atoms with Gasteiger partial charge < -0.3 is 9.32 Å². The number of amides is 1. The summed E-state index contributed by atoms with van der Waals surface area (Å²) in [7, 11) is 0. The van der Waals surface area contributed by atoms with Gasteiger partial charge in [0.25, 0.3) is 5.91 Å². The first-order valence-electron chi connectivity index (χ1n) is 7.77. The summed E-state index contributed by atoms with van der Waals surface area (Å²) in [5.41, 5.74) is 0.146. The molecule has 0 atom stereocenters. The molecule has 0 aliphatic heterocycles. The molecule has 1 aromatic heterocycles. The molecule has 1 aliphatic carbocycles. The van der Waals surface area contributed by atoms with Crippen LogP contribution in [-0.2, 0) is 6.18 Å². The summed E-state index contributed by atoms with van der Waals surface area (Å²) in [4.78, 5) is 18.4. The average Bonchev–Trinajstić information content (AvgIpc) is 3.30. The number of aromatic nitrogens is 1. The van der Waals surface area contributed by atoms with Gasteiger partial charge in [-0.05, 0) is 51.0 Å². The van der Waals surface area contributed by atoms with Gasteiger partial charge in [-0.25, -0.2) is 4.98 Å². The van der Waals surface area contributed by atoms with Crippen LogP contribution in [0.1, 0.15) is 53.4 Å². The van der Waals surface area contributed by atoms with Crippen LogP contribution in [0.25, 0.3) is 0 Å². The maximum Gasteiger partial charge on any atom is 0.416 e. The highest BCUT2D eigenvalue weighted by atomic mass is 19.4. The summed E-state index contributed by atoms with van der Waals surface area (Å²) in [6, 6.07) is 4.51. The lowest BCUT2D eigenvalue weighted by molar-refractivity contribution is -0.137. The average molecular weight is 338 g/mol. The highest BCUT2D eigenvalue weighted by molar-refractivity contribution is 6.04. The van der Waals surface area contributed by atoms with E-state index in [0.717, 1.165) is 25.0 Å². The van der Waals surface area contributed by atoms with Crippen LogP contribution in [0.5, 0.6) is 0 Å². The molecule has 0 radical (unpaired) electrons. The third kappa shape index (κ3) is 3.16. The lowest BCUT2D eigenvalue weighted by atomic mass is 10.2. The number of halogens is 3. The van der Waals surface area contributed by atoms with Crippen LogP contribution >= 0.6 is 0 Å². The van der Waals surface area contributed by atoms with Crippen LogP contribution in [0.4, 0.5) is 18.9 Å². The third-order valence-electron chi connectivity index (χ3n) is 4.00. The Morgan fingerprint density at radius 2 is 1.92 bits per heavy atom. The van der Waals surface area contributed by atoms with Crippen molar-refractivity contribution in [1.82, 2.24) is 4.98 Å². The highest BCUT2D eigenvalue weighted by Gasteiger charge is 2.33. The van der Waals surface area contributed by atoms with Crippen molar-refractivity contribution in [2.24, 2.45) is 0 Å². The Bertz CT molecular complexity index is 746. The molecule has 0 spiro atoms. The van der Waals surface area contributed by atoms with Gasteiger partial charge in [0.05, 0.1) is 11.3 Å². The number of anilines is 1. The van der Waals surface area contributed by atoms with Crippen molar-refractivity contribution in [3.05, 3.63) is 47.2 Å². The Balaban J connectivity index is 1.86. The summed E-state index contributed by atoms with van der Waals surface area (Å²) in [5.74, 6) is 0.610. The molecule has 4 nitrogen and oxygen atoms in total. The minimum absolute atomic E-state index is 0.152. The quantitative estimate of drug-likeness (QED) is 0.822. The first-order valence-corrected chi connectivity index (χ1v) is 7.77. The minimum atomic E-state index is -4.40. The molecule has 1 amide bonds. The zero-order valence-electron chi connectivity index (χ0n) is 13.4. The molecule has 24 heavy (non-hydrogen) atoms. The van der Waals surface area contributed by atoms with Gasteiger partial charge in [-0.15, -0.1) is 0 Å². The van der Waals surface area contributed by atoms with Crippen LogP contribution < -0.4 is 4.90 Å². The zero-order valence-corrected chi connectivity index (χ0v) is 13.4. The van der Waals surface area contributed by atoms with E-state index in [-0.39, 0.29) is 11.7 Å². The lowest BCUT2D eigenvalue weighted by Gasteiger charge is -2.20. The third-order valence-corrected chi connectivity index (χ3v) is 4.00. The van der Waals surface area contributed by atoms with Crippen molar-refractivity contribution in [2.45, 2.75) is 38.8 Å². The molecule has 3 rings (SSSR count). The number of hydrogen-bond donors (Lipinski definition) is 0. The molecule has 0 N–H and O–H groups in total. The topological polar surface area (TPSA) is 46.3 Å². The molecule has 2 aromatic rings. The molecule has 128 valence electrons. The van der Waals surface area contributed by atoms with Gasteiger partial charge in [0.1, 0.15) is 0 Å². The Morgan fingerprint density at radius 1 is 1.29 bits per heavy atom. The molecular weight excluding hydrogens is 321 g/mol. The van der Waals surface area contributed by atoms with Crippen molar-refractivity contribution in [1.29, 1.82) is 0 Å². The summed E-state index contributed by atoms with van der Waals surface area (Å²) < 4.78 is 43.6. The lowest BCUT2D eigenvalue weighted by Crippen LogP contribution is -2.30. The Hall–Kier alpha value is -2.31. The summed E-state index contributed by atoms with van der Waals surface area (Å²) in [5, 5.41) is 0. The second-order valence-electron chi connectivity index (χ2n) is 5.83. The van der Waals surface area contributed by atoms with E-state index in [1.807, 2.05) is 0 Å². The smallest absolute Gasteiger partial charge is 0.416 e. The van der Waals surface area contributed by atoms with Crippen molar-refractivity contribution in [3.63, 3.8) is 0 Å². The second-order valence-corrected chi connectivity index (χ2v) is 5.83. The maximum atomic E-state index is 12.7. The van der Waals surface area contributed by atoms with E-state index in [0.29, 0.717) is 23.8 Å². The van der Waals surface area contributed by atoms with Crippen LogP contribution in [-0.4, -0.2) is 17.4 Å². The maximum absolute atomic E-state index is 12.7. The fourth-order valence-corrected chi connectivity index (χ4v) is 2.52. The molecule has 7 heteroatoms. The fourth-order valence-electron chi connectivity index (χ4n) is 2.52. The van der Waals surface area contributed by atoms with E-state index in [2.05, 4.69) is 4.98 Å². The Kier molecular flexibility index (Phi) is 4.11. The van der Waals surface area contributed by atoms with E-state index >= 15 is 0 Å².